The third kappa shape index (κ3) is 3.92. The molecule has 0 radical (unpaired) electrons. The second-order valence-electron chi connectivity index (χ2n) is 5.08. The number of nitrogens with one attached hydrogen (secondary N) is 1. The van der Waals surface area contributed by atoms with E-state index in [4.69, 9.17) is 4.74 Å². The molecule has 0 fully saturated rings. The molecule has 4 heteroatoms. The number of hydrogen-bond donors (Lipinski definition) is 1. The van der Waals surface area contributed by atoms with Gasteiger partial charge in [-0.15, -0.1) is 0 Å². The van der Waals surface area contributed by atoms with Gasteiger partial charge in [0.25, 0.3) is 0 Å². The molecule has 2 atom stereocenters. The first-order chi connectivity index (χ1) is 9.58. The molecule has 2 nitrogen and oxygen atoms in total. The molecule has 20 heavy (non-hydrogen) atoms. The summed E-state index contributed by atoms with van der Waals surface area (Å²) < 4.78 is 33.3. The summed E-state index contributed by atoms with van der Waals surface area (Å²) >= 11 is 0. The van der Waals surface area contributed by atoms with Gasteiger partial charge in [0.1, 0.15) is 17.4 Å². The predicted molar refractivity (Wildman–Crippen MR) is 78.0 cm³/mol. The largest absolute Gasteiger partial charge is 0.497 e. The number of methoxy groups -OCH3 is 1. The second kappa shape index (κ2) is 8.20. The van der Waals surface area contributed by atoms with Gasteiger partial charge in [0.05, 0.1) is 7.11 Å². The van der Waals surface area contributed by atoms with Gasteiger partial charge in [-0.1, -0.05) is 33.1 Å². The fourth-order valence-electron chi connectivity index (χ4n) is 2.66. The van der Waals surface area contributed by atoms with Gasteiger partial charge in [0, 0.05) is 23.7 Å². The van der Waals surface area contributed by atoms with Gasteiger partial charge in [-0.3, -0.25) is 0 Å². The van der Waals surface area contributed by atoms with Gasteiger partial charge in [-0.2, -0.15) is 0 Å². The van der Waals surface area contributed by atoms with Gasteiger partial charge in [-0.25, -0.2) is 8.78 Å². The summed E-state index contributed by atoms with van der Waals surface area (Å²) in [6.07, 6.45) is 4.00. The lowest BCUT2D eigenvalue weighted by atomic mass is 9.86. The monoisotopic (exact) mass is 285 g/mol. The van der Waals surface area contributed by atoms with Crippen molar-refractivity contribution in [3.8, 4) is 5.75 Å². The number of benzene rings is 1. The van der Waals surface area contributed by atoms with E-state index in [0.717, 1.165) is 25.7 Å². The van der Waals surface area contributed by atoms with Crippen LogP contribution in [0.3, 0.4) is 0 Å². The Kier molecular flexibility index (Phi) is 6.93. The Morgan fingerprint density at radius 2 is 1.80 bits per heavy atom. The molecule has 0 heterocycles. The summed E-state index contributed by atoms with van der Waals surface area (Å²) in [6, 6.07) is 2.18. The van der Waals surface area contributed by atoms with Crippen molar-refractivity contribution in [3.63, 3.8) is 0 Å². The highest BCUT2D eigenvalue weighted by atomic mass is 19.1. The summed E-state index contributed by atoms with van der Waals surface area (Å²) in [7, 11) is 3.15. The molecular formula is C16H25F2NO. The molecule has 0 saturated heterocycles. The van der Waals surface area contributed by atoms with Crippen molar-refractivity contribution in [1.82, 2.24) is 5.32 Å². The molecule has 0 bridgehead atoms. The zero-order valence-corrected chi connectivity index (χ0v) is 12.8. The first-order valence-corrected chi connectivity index (χ1v) is 7.29. The van der Waals surface area contributed by atoms with Crippen LogP contribution in [0.5, 0.6) is 5.75 Å². The number of unbranched alkanes of at least 4 members (excludes halogenated alkanes) is 1. The van der Waals surface area contributed by atoms with E-state index in [2.05, 4.69) is 19.2 Å². The van der Waals surface area contributed by atoms with Gasteiger partial charge in [-0.05, 0) is 19.4 Å². The van der Waals surface area contributed by atoms with Gasteiger partial charge in [0.15, 0.2) is 0 Å². The lowest BCUT2D eigenvalue weighted by Gasteiger charge is -2.27. The van der Waals surface area contributed by atoms with Gasteiger partial charge >= 0.3 is 0 Å². The molecule has 0 spiro atoms. The van der Waals surface area contributed by atoms with Crippen molar-refractivity contribution >= 4 is 0 Å². The first-order valence-electron chi connectivity index (χ1n) is 7.29. The Bertz CT molecular complexity index is 400. The van der Waals surface area contributed by atoms with Crippen LogP contribution in [0.2, 0.25) is 0 Å². The average Bonchev–Trinajstić information content (AvgIpc) is 2.44. The third-order valence-corrected chi connectivity index (χ3v) is 3.83. The quantitative estimate of drug-likeness (QED) is 0.762. The Labute approximate surface area is 120 Å². The lowest BCUT2D eigenvalue weighted by Crippen LogP contribution is -2.27. The molecular weight excluding hydrogens is 260 g/mol. The van der Waals surface area contributed by atoms with Crippen LogP contribution < -0.4 is 10.1 Å². The van der Waals surface area contributed by atoms with Crippen molar-refractivity contribution in [3.05, 3.63) is 29.3 Å². The standard InChI is InChI=1S/C16H25F2NO/c1-5-7-8-11(6-2)16(19-3)15-13(17)9-12(20-4)10-14(15)18/h9-11,16,19H,5-8H2,1-4H3. The third-order valence-electron chi connectivity index (χ3n) is 3.83. The Morgan fingerprint density at radius 3 is 2.20 bits per heavy atom. The number of halogens is 2. The molecule has 0 amide bonds. The molecule has 1 aromatic rings. The average molecular weight is 285 g/mol. The van der Waals surface area contributed by atoms with Crippen LogP contribution in [0, 0.1) is 17.6 Å². The fraction of sp³-hybridized carbons (Fsp3) is 0.625. The van der Waals surface area contributed by atoms with Crippen LogP contribution in [-0.2, 0) is 0 Å². The minimum absolute atomic E-state index is 0.122. The molecule has 0 aliphatic carbocycles. The van der Waals surface area contributed by atoms with Gasteiger partial charge < -0.3 is 10.1 Å². The zero-order chi connectivity index (χ0) is 15.1. The van der Waals surface area contributed by atoms with E-state index in [1.165, 1.54) is 19.2 Å². The van der Waals surface area contributed by atoms with Crippen molar-refractivity contribution in [2.45, 2.75) is 45.6 Å². The Morgan fingerprint density at radius 1 is 1.20 bits per heavy atom. The van der Waals surface area contributed by atoms with Crippen LogP contribution in [0.4, 0.5) is 8.78 Å². The maximum atomic E-state index is 14.2. The zero-order valence-electron chi connectivity index (χ0n) is 12.8. The normalized spacial score (nSPS) is 14.1. The molecule has 0 aliphatic rings. The highest BCUT2D eigenvalue weighted by molar-refractivity contribution is 5.32. The maximum Gasteiger partial charge on any atom is 0.134 e. The molecule has 1 aromatic carbocycles. The number of hydrogen-bond acceptors (Lipinski definition) is 2. The maximum absolute atomic E-state index is 14.2. The topological polar surface area (TPSA) is 21.3 Å². The first kappa shape index (κ1) is 16.9. The summed E-state index contributed by atoms with van der Waals surface area (Å²) in [5.74, 6) is -0.662. The lowest BCUT2D eigenvalue weighted by molar-refractivity contribution is 0.319. The van der Waals surface area contributed by atoms with Crippen molar-refractivity contribution in [2.75, 3.05) is 14.2 Å². The van der Waals surface area contributed by atoms with Crippen molar-refractivity contribution in [2.24, 2.45) is 5.92 Å². The summed E-state index contributed by atoms with van der Waals surface area (Å²) in [5.41, 5.74) is 0.122. The predicted octanol–water partition coefficient (Wildman–Crippen LogP) is 4.45. The van der Waals surface area contributed by atoms with Crippen LogP contribution in [0.1, 0.15) is 51.1 Å². The van der Waals surface area contributed by atoms with Crippen molar-refractivity contribution in [1.29, 1.82) is 0 Å². The van der Waals surface area contributed by atoms with E-state index < -0.39 is 11.6 Å². The van der Waals surface area contributed by atoms with Crippen LogP contribution in [0.25, 0.3) is 0 Å². The molecule has 114 valence electrons. The summed E-state index contributed by atoms with van der Waals surface area (Å²) in [5, 5.41) is 3.08. The minimum Gasteiger partial charge on any atom is -0.497 e. The van der Waals surface area contributed by atoms with E-state index in [-0.39, 0.29) is 23.3 Å². The SMILES string of the molecule is CCCCC(CC)C(NC)c1c(F)cc(OC)cc1F. The summed E-state index contributed by atoms with van der Waals surface area (Å²) in [6.45, 7) is 4.18. The van der Waals surface area contributed by atoms with E-state index in [0.29, 0.717) is 0 Å². The second-order valence-corrected chi connectivity index (χ2v) is 5.08. The van der Waals surface area contributed by atoms with E-state index in [1.54, 1.807) is 7.05 Å². The fourth-order valence-corrected chi connectivity index (χ4v) is 2.66. The van der Waals surface area contributed by atoms with Crippen molar-refractivity contribution < 1.29 is 13.5 Å². The molecule has 2 unspecified atom stereocenters. The van der Waals surface area contributed by atoms with E-state index in [9.17, 15) is 8.78 Å². The number of ether oxygens (including phenoxy) is 1. The smallest absolute Gasteiger partial charge is 0.134 e. The Hall–Kier alpha value is -1.16. The minimum atomic E-state index is -0.545. The van der Waals surface area contributed by atoms with Crippen LogP contribution in [-0.4, -0.2) is 14.2 Å². The molecule has 0 aliphatic heterocycles. The molecule has 0 aromatic heterocycles. The highest BCUT2D eigenvalue weighted by Crippen LogP contribution is 2.33. The van der Waals surface area contributed by atoms with Crippen LogP contribution >= 0.6 is 0 Å². The molecule has 1 rings (SSSR count). The highest BCUT2D eigenvalue weighted by Gasteiger charge is 2.26. The summed E-state index contributed by atoms with van der Waals surface area (Å²) in [4.78, 5) is 0. The van der Waals surface area contributed by atoms with Crippen LogP contribution in [0.15, 0.2) is 12.1 Å². The Balaban J connectivity index is 3.10. The molecule has 1 N–H and O–H groups in total. The van der Waals surface area contributed by atoms with E-state index >= 15 is 0 Å². The number of rotatable bonds is 8. The van der Waals surface area contributed by atoms with E-state index in [1.807, 2.05) is 0 Å². The van der Waals surface area contributed by atoms with Gasteiger partial charge in [0.2, 0.25) is 0 Å². The molecule has 0 saturated carbocycles.